The quantitative estimate of drug-likeness (QED) is 0.773. The fourth-order valence-corrected chi connectivity index (χ4v) is 2.46. The molecule has 0 bridgehead atoms. The number of thiophene rings is 1. The van der Waals surface area contributed by atoms with Crippen LogP contribution in [-0.2, 0) is 16.1 Å². The van der Waals surface area contributed by atoms with E-state index < -0.39 is 0 Å². The number of aryl methyl sites for hydroxylation is 2. The average molecular weight is 252 g/mol. The van der Waals surface area contributed by atoms with Crippen molar-refractivity contribution in [1.29, 1.82) is 0 Å². The van der Waals surface area contributed by atoms with Crippen LogP contribution >= 0.6 is 11.3 Å². The van der Waals surface area contributed by atoms with Crippen molar-refractivity contribution in [3.05, 3.63) is 27.6 Å². The molecular formula is C11H12N2O3S. The van der Waals surface area contributed by atoms with Gasteiger partial charge in [0, 0.05) is 6.54 Å². The minimum Gasteiger partial charge on any atom is -0.469 e. The molecular weight excluding hydrogens is 240 g/mol. The third kappa shape index (κ3) is 2.21. The van der Waals surface area contributed by atoms with Crippen molar-refractivity contribution in [2.24, 2.45) is 0 Å². The highest BCUT2D eigenvalue weighted by atomic mass is 32.1. The number of carbonyl (C=O) groups excluding carboxylic acids is 1. The SMILES string of the molecule is COC(=O)CCn1cnc2scc(C)c2c1=O. The van der Waals surface area contributed by atoms with Crippen LogP contribution in [0.15, 0.2) is 16.5 Å². The van der Waals surface area contributed by atoms with Crippen molar-refractivity contribution in [3.63, 3.8) is 0 Å². The molecule has 0 atom stereocenters. The molecule has 0 aliphatic carbocycles. The predicted octanol–water partition coefficient (Wildman–Crippen LogP) is 1.33. The van der Waals surface area contributed by atoms with Crippen LogP contribution in [0.4, 0.5) is 0 Å². The minimum absolute atomic E-state index is 0.0994. The first-order valence-corrected chi connectivity index (χ1v) is 6.01. The Morgan fingerprint density at radius 1 is 1.59 bits per heavy atom. The lowest BCUT2D eigenvalue weighted by Crippen LogP contribution is -2.22. The second-order valence-electron chi connectivity index (χ2n) is 3.67. The lowest BCUT2D eigenvalue weighted by Gasteiger charge is -2.04. The molecule has 17 heavy (non-hydrogen) atoms. The van der Waals surface area contributed by atoms with E-state index in [0.717, 1.165) is 10.4 Å². The molecule has 2 heterocycles. The highest BCUT2D eigenvalue weighted by Crippen LogP contribution is 2.19. The van der Waals surface area contributed by atoms with Gasteiger partial charge in [-0.15, -0.1) is 11.3 Å². The van der Waals surface area contributed by atoms with Gasteiger partial charge >= 0.3 is 5.97 Å². The van der Waals surface area contributed by atoms with E-state index >= 15 is 0 Å². The van der Waals surface area contributed by atoms with E-state index in [9.17, 15) is 9.59 Å². The van der Waals surface area contributed by atoms with Crippen LogP contribution < -0.4 is 5.56 Å². The molecule has 2 rings (SSSR count). The first kappa shape index (κ1) is 11.8. The van der Waals surface area contributed by atoms with Gasteiger partial charge in [0.05, 0.1) is 25.2 Å². The summed E-state index contributed by atoms with van der Waals surface area (Å²) in [5.41, 5.74) is 0.826. The number of rotatable bonds is 3. The lowest BCUT2D eigenvalue weighted by molar-refractivity contribution is -0.140. The number of hydrogen-bond acceptors (Lipinski definition) is 5. The maximum atomic E-state index is 12.1. The second kappa shape index (κ2) is 4.67. The van der Waals surface area contributed by atoms with Crippen molar-refractivity contribution in [2.45, 2.75) is 19.9 Å². The molecule has 0 aliphatic heterocycles. The largest absolute Gasteiger partial charge is 0.469 e. The first-order chi connectivity index (χ1) is 8.13. The monoisotopic (exact) mass is 252 g/mol. The van der Waals surface area contributed by atoms with Gasteiger partial charge in [0.25, 0.3) is 5.56 Å². The van der Waals surface area contributed by atoms with Gasteiger partial charge in [-0.25, -0.2) is 4.98 Å². The predicted molar refractivity (Wildman–Crippen MR) is 65.3 cm³/mol. The molecule has 2 aromatic heterocycles. The maximum Gasteiger partial charge on any atom is 0.307 e. The van der Waals surface area contributed by atoms with Crippen LogP contribution in [0.25, 0.3) is 10.2 Å². The molecule has 0 N–H and O–H groups in total. The Bertz CT molecular complexity index is 615. The van der Waals surface area contributed by atoms with E-state index in [4.69, 9.17) is 0 Å². The summed E-state index contributed by atoms with van der Waals surface area (Å²) < 4.78 is 5.98. The summed E-state index contributed by atoms with van der Waals surface area (Å²) in [7, 11) is 1.33. The Kier molecular flexibility index (Phi) is 3.23. The Labute approximate surface area is 102 Å². The number of carbonyl (C=O) groups is 1. The van der Waals surface area contributed by atoms with Gasteiger partial charge in [0.15, 0.2) is 0 Å². The molecule has 0 amide bonds. The lowest BCUT2D eigenvalue weighted by atomic mass is 10.3. The van der Waals surface area contributed by atoms with Gasteiger partial charge in [-0.2, -0.15) is 0 Å². The summed E-state index contributed by atoms with van der Waals surface area (Å²) in [6.07, 6.45) is 1.65. The fraction of sp³-hybridized carbons (Fsp3) is 0.364. The molecule has 0 spiro atoms. The first-order valence-electron chi connectivity index (χ1n) is 5.13. The van der Waals surface area contributed by atoms with Crippen LogP contribution in [0.2, 0.25) is 0 Å². The second-order valence-corrected chi connectivity index (χ2v) is 4.53. The Morgan fingerprint density at radius 2 is 2.35 bits per heavy atom. The van der Waals surface area contributed by atoms with Gasteiger partial charge in [-0.3, -0.25) is 14.2 Å². The average Bonchev–Trinajstić information content (AvgIpc) is 2.70. The summed E-state index contributed by atoms with van der Waals surface area (Å²) in [6.45, 7) is 2.18. The normalized spacial score (nSPS) is 10.7. The van der Waals surface area contributed by atoms with E-state index in [-0.39, 0.29) is 17.9 Å². The molecule has 0 radical (unpaired) electrons. The van der Waals surface area contributed by atoms with Crippen LogP contribution in [0.3, 0.4) is 0 Å². The van der Waals surface area contributed by atoms with Crippen LogP contribution in [0.1, 0.15) is 12.0 Å². The summed E-state index contributed by atoms with van der Waals surface area (Å²) in [5, 5.41) is 2.55. The Morgan fingerprint density at radius 3 is 3.06 bits per heavy atom. The molecule has 0 fully saturated rings. The highest BCUT2D eigenvalue weighted by molar-refractivity contribution is 7.16. The van der Waals surface area contributed by atoms with Crippen molar-refractivity contribution >= 4 is 27.5 Å². The van der Waals surface area contributed by atoms with Gasteiger partial charge in [-0.05, 0) is 17.9 Å². The standard InChI is InChI=1S/C11H12N2O3S/c1-7-5-17-10-9(7)11(15)13(6-12-10)4-3-8(14)16-2/h5-6H,3-4H2,1-2H3. The van der Waals surface area contributed by atoms with Gasteiger partial charge in [0.1, 0.15) is 4.83 Å². The molecule has 90 valence electrons. The minimum atomic E-state index is -0.334. The van der Waals surface area contributed by atoms with Crippen molar-refractivity contribution < 1.29 is 9.53 Å². The number of ether oxygens (including phenoxy) is 1. The third-order valence-corrected chi connectivity index (χ3v) is 3.53. The van der Waals surface area contributed by atoms with Crippen LogP contribution in [-0.4, -0.2) is 22.6 Å². The third-order valence-electron chi connectivity index (χ3n) is 2.53. The molecule has 6 heteroatoms. The summed E-state index contributed by atoms with van der Waals surface area (Å²) in [5.74, 6) is -0.334. The summed E-state index contributed by atoms with van der Waals surface area (Å²) in [6, 6.07) is 0. The van der Waals surface area contributed by atoms with E-state index in [2.05, 4.69) is 9.72 Å². The molecule has 5 nitrogen and oxygen atoms in total. The highest BCUT2D eigenvalue weighted by Gasteiger charge is 2.09. The molecule has 2 aromatic rings. The zero-order chi connectivity index (χ0) is 12.4. The van der Waals surface area contributed by atoms with Crippen molar-refractivity contribution in [1.82, 2.24) is 9.55 Å². The zero-order valence-electron chi connectivity index (χ0n) is 9.60. The number of fused-ring (bicyclic) bond motifs is 1. The summed E-state index contributed by atoms with van der Waals surface area (Å²) in [4.78, 5) is 28.0. The number of methoxy groups -OCH3 is 1. The Balaban J connectivity index is 2.36. The maximum absolute atomic E-state index is 12.1. The van der Waals surface area contributed by atoms with Gasteiger partial charge in [-0.1, -0.05) is 0 Å². The molecule has 0 aliphatic rings. The molecule has 0 saturated carbocycles. The zero-order valence-corrected chi connectivity index (χ0v) is 10.4. The Hall–Kier alpha value is -1.69. The van der Waals surface area contributed by atoms with Crippen LogP contribution in [0.5, 0.6) is 0 Å². The number of nitrogens with zero attached hydrogens (tertiary/aromatic N) is 2. The molecule has 0 saturated heterocycles. The number of hydrogen-bond donors (Lipinski definition) is 0. The van der Waals surface area contributed by atoms with E-state index in [0.29, 0.717) is 11.9 Å². The van der Waals surface area contributed by atoms with Crippen LogP contribution in [0, 0.1) is 6.92 Å². The molecule has 0 aromatic carbocycles. The summed E-state index contributed by atoms with van der Waals surface area (Å²) >= 11 is 1.45. The van der Waals surface area contributed by atoms with E-state index in [1.165, 1.54) is 29.3 Å². The number of esters is 1. The van der Waals surface area contributed by atoms with Gasteiger partial charge < -0.3 is 4.74 Å². The topological polar surface area (TPSA) is 61.2 Å². The smallest absolute Gasteiger partial charge is 0.307 e. The van der Waals surface area contributed by atoms with Gasteiger partial charge in [0.2, 0.25) is 0 Å². The van der Waals surface area contributed by atoms with Crippen molar-refractivity contribution in [3.8, 4) is 0 Å². The molecule has 0 unspecified atom stereocenters. The van der Waals surface area contributed by atoms with E-state index in [1.54, 1.807) is 0 Å². The fourth-order valence-electron chi connectivity index (χ4n) is 1.58. The number of aromatic nitrogens is 2. The van der Waals surface area contributed by atoms with E-state index in [1.807, 2.05) is 12.3 Å². The van der Waals surface area contributed by atoms with Crippen molar-refractivity contribution in [2.75, 3.05) is 7.11 Å².